The van der Waals surface area contributed by atoms with E-state index in [1.807, 2.05) is 24.3 Å². The van der Waals surface area contributed by atoms with Crippen molar-refractivity contribution in [3.63, 3.8) is 0 Å². The average molecular weight is 354 g/mol. The van der Waals surface area contributed by atoms with Crippen LogP contribution in [-0.4, -0.2) is 48.3 Å². The SMILES string of the molecule is COCC(=O)N1[C@H](C#N)[C@H](c2ccccc2-c2cccc(F)c2)[C@@H]1CO. The maximum Gasteiger partial charge on any atom is 0.249 e. The van der Waals surface area contributed by atoms with Gasteiger partial charge in [-0.05, 0) is 28.8 Å². The molecule has 1 aliphatic heterocycles. The number of methoxy groups -OCH3 is 1. The van der Waals surface area contributed by atoms with Crippen LogP contribution in [0.2, 0.25) is 0 Å². The Labute approximate surface area is 151 Å². The number of carbonyl (C=O) groups excluding carboxylic acids is 1. The second kappa shape index (κ2) is 7.65. The van der Waals surface area contributed by atoms with Gasteiger partial charge in [0.2, 0.25) is 5.91 Å². The predicted molar refractivity (Wildman–Crippen MR) is 93.6 cm³/mol. The highest BCUT2D eigenvalue weighted by Crippen LogP contribution is 2.44. The Kier molecular flexibility index (Phi) is 5.31. The van der Waals surface area contributed by atoms with E-state index in [0.29, 0.717) is 5.56 Å². The first-order valence-corrected chi connectivity index (χ1v) is 8.27. The summed E-state index contributed by atoms with van der Waals surface area (Å²) in [7, 11) is 1.41. The second-order valence-corrected chi connectivity index (χ2v) is 6.18. The highest BCUT2D eigenvalue weighted by atomic mass is 19.1. The number of nitriles is 1. The van der Waals surface area contributed by atoms with E-state index in [-0.39, 0.29) is 30.9 Å². The Bertz CT molecular complexity index is 849. The smallest absolute Gasteiger partial charge is 0.249 e. The predicted octanol–water partition coefficient (Wildman–Crippen LogP) is 2.32. The fraction of sp³-hybridized carbons (Fsp3) is 0.300. The number of aliphatic hydroxyl groups excluding tert-OH is 1. The van der Waals surface area contributed by atoms with Gasteiger partial charge < -0.3 is 14.7 Å². The third-order valence-corrected chi connectivity index (χ3v) is 4.74. The number of likely N-dealkylation sites (tertiary alicyclic amines) is 1. The van der Waals surface area contributed by atoms with E-state index in [2.05, 4.69) is 6.07 Å². The lowest BCUT2D eigenvalue weighted by molar-refractivity contribution is -0.150. The summed E-state index contributed by atoms with van der Waals surface area (Å²) in [4.78, 5) is 13.6. The molecule has 3 atom stereocenters. The topological polar surface area (TPSA) is 73.6 Å². The highest BCUT2D eigenvalue weighted by molar-refractivity contribution is 5.81. The Morgan fingerprint density at radius 3 is 2.73 bits per heavy atom. The number of aliphatic hydroxyl groups is 1. The minimum absolute atomic E-state index is 0.146. The van der Waals surface area contributed by atoms with Gasteiger partial charge in [0.25, 0.3) is 0 Å². The van der Waals surface area contributed by atoms with Gasteiger partial charge in [-0.2, -0.15) is 5.26 Å². The van der Waals surface area contributed by atoms with Crippen LogP contribution in [0.3, 0.4) is 0 Å². The molecule has 0 spiro atoms. The Hall–Kier alpha value is -2.75. The van der Waals surface area contributed by atoms with Crippen molar-refractivity contribution >= 4 is 5.91 Å². The summed E-state index contributed by atoms with van der Waals surface area (Å²) < 4.78 is 18.5. The van der Waals surface area contributed by atoms with Crippen molar-refractivity contribution in [1.29, 1.82) is 5.26 Å². The number of halogens is 1. The van der Waals surface area contributed by atoms with Crippen molar-refractivity contribution in [1.82, 2.24) is 4.90 Å². The number of amides is 1. The van der Waals surface area contributed by atoms with Crippen molar-refractivity contribution in [2.75, 3.05) is 20.3 Å². The van der Waals surface area contributed by atoms with Crippen LogP contribution in [0.5, 0.6) is 0 Å². The molecule has 3 rings (SSSR count). The monoisotopic (exact) mass is 354 g/mol. The van der Waals surface area contributed by atoms with Gasteiger partial charge in [0.1, 0.15) is 18.5 Å². The zero-order valence-electron chi connectivity index (χ0n) is 14.3. The quantitative estimate of drug-likeness (QED) is 0.894. The molecule has 0 saturated carbocycles. The molecule has 1 saturated heterocycles. The average Bonchev–Trinajstić information content (AvgIpc) is 2.62. The maximum absolute atomic E-state index is 13.7. The van der Waals surface area contributed by atoms with E-state index in [1.54, 1.807) is 12.1 Å². The number of hydrogen-bond donors (Lipinski definition) is 1. The largest absolute Gasteiger partial charge is 0.394 e. The molecule has 1 amide bonds. The molecule has 134 valence electrons. The summed E-state index contributed by atoms with van der Waals surface area (Å²) in [6.45, 7) is -0.414. The Morgan fingerprint density at radius 2 is 2.08 bits per heavy atom. The molecule has 2 aromatic carbocycles. The fourth-order valence-electron chi connectivity index (χ4n) is 3.63. The zero-order valence-corrected chi connectivity index (χ0v) is 14.3. The number of hydrogen-bond acceptors (Lipinski definition) is 4. The number of nitrogens with zero attached hydrogens (tertiary/aromatic N) is 2. The highest BCUT2D eigenvalue weighted by Gasteiger charge is 2.52. The van der Waals surface area contributed by atoms with Crippen molar-refractivity contribution in [2.45, 2.75) is 18.0 Å². The van der Waals surface area contributed by atoms with E-state index in [1.165, 1.54) is 24.1 Å². The van der Waals surface area contributed by atoms with Gasteiger partial charge in [0.05, 0.1) is 18.7 Å². The second-order valence-electron chi connectivity index (χ2n) is 6.18. The van der Waals surface area contributed by atoms with Crippen LogP contribution in [-0.2, 0) is 9.53 Å². The van der Waals surface area contributed by atoms with Crippen molar-refractivity contribution < 1.29 is 19.0 Å². The van der Waals surface area contributed by atoms with Crippen LogP contribution in [0, 0.1) is 17.1 Å². The molecule has 1 fully saturated rings. The molecule has 0 aliphatic carbocycles. The first-order valence-electron chi connectivity index (χ1n) is 8.27. The number of ether oxygens (including phenoxy) is 1. The van der Waals surface area contributed by atoms with Crippen molar-refractivity contribution in [3.05, 3.63) is 59.9 Å². The van der Waals surface area contributed by atoms with Gasteiger partial charge in [-0.1, -0.05) is 36.4 Å². The van der Waals surface area contributed by atoms with Crippen LogP contribution in [0.4, 0.5) is 4.39 Å². The lowest BCUT2D eigenvalue weighted by Crippen LogP contribution is -2.66. The third kappa shape index (κ3) is 3.07. The fourth-order valence-corrected chi connectivity index (χ4v) is 3.63. The van der Waals surface area contributed by atoms with Gasteiger partial charge in [-0.25, -0.2) is 4.39 Å². The zero-order chi connectivity index (χ0) is 18.7. The molecular formula is C20H19FN2O3. The van der Waals surface area contributed by atoms with Crippen LogP contribution in [0.1, 0.15) is 11.5 Å². The maximum atomic E-state index is 13.7. The van der Waals surface area contributed by atoms with E-state index >= 15 is 0 Å². The molecule has 2 aromatic rings. The van der Waals surface area contributed by atoms with E-state index in [9.17, 15) is 19.6 Å². The molecule has 1 N–H and O–H groups in total. The molecule has 26 heavy (non-hydrogen) atoms. The molecular weight excluding hydrogens is 335 g/mol. The Balaban J connectivity index is 2.01. The molecule has 0 radical (unpaired) electrons. The minimum atomic E-state index is -0.704. The lowest BCUT2D eigenvalue weighted by atomic mass is 9.73. The normalized spacial score (nSPS) is 21.8. The first kappa shape index (κ1) is 18.1. The third-order valence-electron chi connectivity index (χ3n) is 4.74. The van der Waals surface area contributed by atoms with Crippen LogP contribution in [0.15, 0.2) is 48.5 Å². The van der Waals surface area contributed by atoms with Gasteiger partial charge in [-0.15, -0.1) is 0 Å². The summed E-state index contributed by atoms with van der Waals surface area (Å²) in [6.07, 6.45) is 0. The molecule has 0 bridgehead atoms. The van der Waals surface area contributed by atoms with Gasteiger partial charge >= 0.3 is 0 Å². The summed E-state index contributed by atoms with van der Waals surface area (Å²) in [5.74, 6) is -1.04. The van der Waals surface area contributed by atoms with E-state index in [4.69, 9.17) is 4.74 Å². The number of benzene rings is 2. The minimum Gasteiger partial charge on any atom is -0.394 e. The summed E-state index contributed by atoms with van der Waals surface area (Å²) >= 11 is 0. The summed E-state index contributed by atoms with van der Waals surface area (Å²) in [5.41, 5.74) is 2.29. The van der Waals surface area contributed by atoms with Crippen LogP contribution in [0.25, 0.3) is 11.1 Å². The number of rotatable bonds is 5. The molecule has 0 unspecified atom stereocenters. The molecule has 0 aromatic heterocycles. The van der Waals surface area contributed by atoms with Gasteiger partial charge in [0.15, 0.2) is 0 Å². The lowest BCUT2D eigenvalue weighted by Gasteiger charge is -2.52. The van der Waals surface area contributed by atoms with Crippen LogP contribution >= 0.6 is 0 Å². The summed E-state index contributed by atoms with van der Waals surface area (Å²) in [5, 5.41) is 19.4. The van der Waals surface area contributed by atoms with Crippen molar-refractivity contribution in [3.8, 4) is 17.2 Å². The van der Waals surface area contributed by atoms with E-state index in [0.717, 1.165) is 11.1 Å². The number of carbonyl (C=O) groups is 1. The van der Waals surface area contributed by atoms with E-state index < -0.39 is 12.1 Å². The molecule has 1 heterocycles. The molecule has 1 aliphatic rings. The van der Waals surface area contributed by atoms with Gasteiger partial charge in [-0.3, -0.25) is 4.79 Å². The molecule has 6 heteroatoms. The molecule has 5 nitrogen and oxygen atoms in total. The standard InChI is InChI=1S/C20H19FN2O3/c1-26-12-19(25)23-17(10-22)20(18(23)11-24)16-8-3-2-7-15(16)13-5-4-6-14(21)9-13/h2-9,17-18,20,24H,11-12H2,1H3/t17-,18+,20+/m1/s1. The first-order chi connectivity index (χ1) is 12.6. The van der Waals surface area contributed by atoms with Gasteiger partial charge in [0, 0.05) is 13.0 Å². The Morgan fingerprint density at radius 1 is 1.31 bits per heavy atom. The van der Waals surface area contributed by atoms with Crippen molar-refractivity contribution in [2.24, 2.45) is 0 Å². The summed E-state index contributed by atoms with van der Waals surface area (Å²) in [6, 6.07) is 14.5. The van der Waals surface area contributed by atoms with Crippen LogP contribution < -0.4 is 0 Å².